The van der Waals surface area contributed by atoms with Crippen molar-refractivity contribution in [3.8, 4) is 0 Å². The van der Waals surface area contributed by atoms with Crippen LogP contribution in [0.2, 0.25) is 0 Å². The molecule has 1 aromatic carbocycles. The first-order chi connectivity index (χ1) is 10.0. The van der Waals surface area contributed by atoms with Gasteiger partial charge < -0.3 is 15.7 Å². The van der Waals surface area contributed by atoms with E-state index in [1.807, 2.05) is 12.1 Å². The van der Waals surface area contributed by atoms with Crippen LogP contribution in [-0.4, -0.2) is 30.7 Å². The van der Waals surface area contributed by atoms with E-state index in [1.54, 1.807) is 0 Å². The molecule has 0 unspecified atom stereocenters. The highest BCUT2D eigenvalue weighted by atomic mass is 16.2. The molecule has 4 nitrogen and oxygen atoms in total. The zero-order chi connectivity index (χ0) is 15.3. The normalized spacial score (nSPS) is 14.6. The van der Waals surface area contributed by atoms with Gasteiger partial charge in [-0.1, -0.05) is 19.9 Å². The highest BCUT2D eigenvalue weighted by molar-refractivity contribution is 5.94. The van der Waals surface area contributed by atoms with Crippen LogP contribution in [0.1, 0.15) is 48.2 Å². The molecule has 0 aromatic heterocycles. The Kier molecular flexibility index (Phi) is 5.37. The summed E-state index contributed by atoms with van der Waals surface area (Å²) < 4.78 is 0. The fraction of sp³-hybridized carbons (Fsp3) is 0.588. The summed E-state index contributed by atoms with van der Waals surface area (Å²) in [6, 6.07) is 5.99. The molecule has 2 rings (SSSR count). The second kappa shape index (κ2) is 7.05. The zero-order valence-electron chi connectivity index (χ0n) is 13.0. The molecule has 0 aliphatic carbocycles. The molecule has 1 aliphatic heterocycles. The number of carbonyl (C=O) groups excluding carboxylic acids is 1. The second-order valence-electron chi connectivity index (χ2n) is 6.58. The molecule has 1 heterocycles. The predicted molar refractivity (Wildman–Crippen MR) is 84.3 cm³/mol. The van der Waals surface area contributed by atoms with Crippen LogP contribution in [0.5, 0.6) is 0 Å². The fourth-order valence-corrected chi connectivity index (χ4v) is 2.69. The summed E-state index contributed by atoms with van der Waals surface area (Å²) in [6.07, 6.45) is 2.71. The average molecular weight is 290 g/mol. The number of fused-ring (bicyclic) bond motifs is 1. The third kappa shape index (κ3) is 4.55. The first-order valence-electron chi connectivity index (χ1n) is 7.73. The minimum atomic E-state index is -0.0135. The summed E-state index contributed by atoms with van der Waals surface area (Å²) in [6.45, 7) is 6.91. The Morgan fingerprint density at radius 2 is 2.19 bits per heavy atom. The lowest BCUT2D eigenvalue weighted by atomic mass is 9.88. The molecule has 116 valence electrons. The number of rotatable bonds is 6. The van der Waals surface area contributed by atoms with Gasteiger partial charge in [0.15, 0.2) is 0 Å². The van der Waals surface area contributed by atoms with Crippen molar-refractivity contribution in [3.05, 3.63) is 34.9 Å². The average Bonchev–Trinajstić information content (AvgIpc) is 2.50. The van der Waals surface area contributed by atoms with Crippen molar-refractivity contribution in [1.29, 1.82) is 0 Å². The lowest BCUT2D eigenvalue weighted by Crippen LogP contribution is -2.34. The van der Waals surface area contributed by atoms with E-state index in [2.05, 4.69) is 30.5 Å². The number of aliphatic hydroxyl groups excluding tert-OH is 1. The maximum atomic E-state index is 12.3. The molecule has 1 aliphatic rings. The van der Waals surface area contributed by atoms with Crippen LogP contribution in [0.25, 0.3) is 0 Å². The summed E-state index contributed by atoms with van der Waals surface area (Å²) in [5.41, 5.74) is 3.31. The number of aliphatic hydroxyl groups is 1. The van der Waals surface area contributed by atoms with Crippen LogP contribution >= 0.6 is 0 Å². The number of hydrogen-bond donors (Lipinski definition) is 3. The summed E-state index contributed by atoms with van der Waals surface area (Å²) in [7, 11) is 0. The SMILES string of the molecule is CC(C)(CCCO)CNC(=O)c1ccc2c(c1)CNCC2. The smallest absolute Gasteiger partial charge is 0.251 e. The topological polar surface area (TPSA) is 61.4 Å². The Morgan fingerprint density at radius 1 is 1.38 bits per heavy atom. The van der Waals surface area contributed by atoms with Crippen LogP contribution in [0, 0.1) is 5.41 Å². The molecule has 0 spiro atoms. The van der Waals surface area contributed by atoms with E-state index in [0.717, 1.165) is 37.9 Å². The Morgan fingerprint density at radius 3 is 2.95 bits per heavy atom. The van der Waals surface area contributed by atoms with Gasteiger partial charge in [-0.15, -0.1) is 0 Å². The quantitative estimate of drug-likeness (QED) is 0.749. The van der Waals surface area contributed by atoms with Crippen molar-refractivity contribution in [2.75, 3.05) is 19.7 Å². The number of hydrogen-bond acceptors (Lipinski definition) is 3. The van der Waals surface area contributed by atoms with Crippen molar-refractivity contribution in [2.45, 2.75) is 39.7 Å². The van der Waals surface area contributed by atoms with Crippen LogP contribution in [-0.2, 0) is 13.0 Å². The van der Waals surface area contributed by atoms with E-state index in [0.29, 0.717) is 6.54 Å². The summed E-state index contributed by atoms with van der Waals surface area (Å²) in [5, 5.41) is 15.2. The zero-order valence-corrected chi connectivity index (χ0v) is 13.0. The highest BCUT2D eigenvalue weighted by Crippen LogP contribution is 2.21. The second-order valence-corrected chi connectivity index (χ2v) is 6.58. The standard InChI is InChI=1S/C17H26N2O2/c1-17(2,7-3-9-20)12-19-16(21)14-5-4-13-6-8-18-11-15(13)10-14/h4-5,10,18,20H,3,6-9,11-12H2,1-2H3,(H,19,21). The van der Waals surface area contributed by atoms with E-state index in [-0.39, 0.29) is 17.9 Å². The van der Waals surface area contributed by atoms with Gasteiger partial charge in [0, 0.05) is 25.3 Å². The number of amides is 1. The first-order valence-corrected chi connectivity index (χ1v) is 7.73. The molecule has 3 N–H and O–H groups in total. The molecule has 0 saturated heterocycles. The third-order valence-electron chi connectivity index (χ3n) is 4.09. The van der Waals surface area contributed by atoms with Gasteiger partial charge in [-0.3, -0.25) is 4.79 Å². The van der Waals surface area contributed by atoms with E-state index in [9.17, 15) is 4.79 Å². The van der Waals surface area contributed by atoms with Gasteiger partial charge in [-0.2, -0.15) is 0 Å². The van der Waals surface area contributed by atoms with Crippen LogP contribution in [0.3, 0.4) is 0 Å². The lowest BCUT2D eigenvalue weighted by molar-refractivity contribution is 0.0933. The number of benzene rings is 1. The third-order valence-corrected chi connectivity index (χ3v) is 4.09. The van der Waals surface area contributed by atoms with Crippen molar-refractivity contribution < 1.29 is 9.90 Å². The van der Waals surface area contributed by atoms with Crippen molar-refractivity contribution in [3.63, 3.8) is 0 Å². The van der Waals surface area contributed by atoms with Gasteiger partial charge in [-0.05, 0) is 54.5 Å². The van der Waals surface area contributed by atoms with Gasteiger partial charge in [0.1, 0.15) is 0 Å². The van der Waals surface area contributed by atoms with Gasteiger partial charge in [0.05, 0.1) is 0 Å². The predicted octanol–water partition coefficient (Wildman–Crippen LogP) is 1.86. The largest absolute Gasteiger partial charge is 0.396 e. The maximum Gasteiger partial charge on any atom is 0.251 e. The summed E-state index contributed by atoms with van der Waals surface area (Å²) in [4.78, 5) is 12.3. The minimum Gasteiger partial charge on any atom is -0.396 e. The Bertz CT molecular complexity index is 498. The fourth-order valence-electron chi connectivity index (χ4n) is 2.69. The van der Waals surface area contributed by atoms with Gasteiger partial charge >= 0.3 is 0 Å². The van der Waals surface area contributed by atoms with E-state index in [4.69, 9.17) is 5.11 Å². The molecule has 0 bridgehead atoms. The molecule has 0 fully saturated rings. The molecule has 21 heavy (non-hydrogen) atoms. The monoisotopic (exact) mass is 290 g/mol. The Hall–Kier alpha value is -1.39. The van der Waals surface area contributed by atoms with Crippen LogP contribution < -0.4 is 10.6 Å². The van der Waals surface area contributed by atoms with Crippen LogP contribution in [0.4, 0.5) is 0 Å². The van der Waals surface area contributed by atoms with Crippen molar-refractivity contribution in [2.24, 2.45) is 5.41 Å². The molecule has 4 heteroatoms. The van der Waals surface area contributed by atoms with Gasteiger partial charge in [0.25, 0.3) is 5.91 Å². The molecule has 0 radical (unpaired) electrons. The molecule has 1 aromatic rings. The molecule has 0 atom stereocenters. The van der Waals surface area contributed by atoms with Crippen molar-refractivity contribution in [1.82, 2.24) is 10.6 Å². The minimum absolute atomic E-state index is 0.00809. The molecule has 0 saturated carbocycles. The molecular weight excluding hydrogens is 264 g/mol. The van der Waals surface area contributed by atoms with E-state index < -0.39 is 0 Å². The summed E-state index contributed by atoms with van der Waals surface area (Å²) in [5.74, 6) is -0.0135. The Labute approximate surface area is 126 Å². The number of carbonyl (C=O) groups is 1. The van der Waals surface area contributed by atoms with Crippen molar-refractivity contribution >= 4 is 5.91 Å². The number of nitrogens with one attached hydrogen (secondary N) is 2. The van der Waals surface area contributed by atoms with Crippen LogP contribution in [0.15, 0.2) is 18.2 Å². The highest BCUT2D eigenvalue weighted by Gasteiger charge is 2.19. The first kappa shape index (κ1) is 16.0. The van der Waals surface area contributed by atoms with E-state index >= 15 is 0 Å². The lowest BCUT2D eigenvalue weighted by Gasteiger charge is -2.25. The summed E-state index contributed by atoms with van der Waals surface area (Å²) >= 11 is 0. The molecular formula is C17H26N2O2. The maximum absolute atomic E-state index is 12.3. The van der Waals surface area contributed by atoms with E-state index in [1.165, 1.54) is 11.1 Å². The van der Waals surface area contributed by atoms with Gasteiger partial charge in [0.2, 0.25) is 0 Å². The Balaban J connectivity index is 1.94. The molecule has 1 amide bonds. The van der Waals surface area contributed by atoms with Gasteiger partial charge in [-0.25, -0.2) is 0 Å².